The monoisotopic (exact) mass is 246 g/mol. The second kappa shape index (κ2) is 4.71. The summed E-state index contributed by atoms with van der Waals surface area (Å²) in [5.74, 6) is -0.0798. The third-order valence-electron chi connectivity index (χ3n) is 2.66. The van der Waals surface area contributed by atoms with Gasteiger partial charge in [-0.1, -0.05) is 0 Å². The molecule has 1 aliphatic heterocycles. The van der Waals surface area contributed by atoms with Gasteiger partial charge >= 0.3 is 0 Å². The van der Waals surface area contributed by atoms with Crippen LogP contribution in [0.2, 0.25) is 0 Å². The van der Waals surface area contributed by atoms with Crippen LogP contribution in [0.3, 0.4) is 0 Å². The molecule has 1 aromatic carbocycles. The molecule has 92 valence electrons. The van der Waals surface area contributed by atoms with Crippen molar-refractivity contribution in [1.29, 1.82) is 5.26 Å². The number of benzene rings is 1. The van der Waals surface area contributed by atoms with Gasteiger partial charge in [0.25, 0.3) is 5.69 Å². The molecule has 1 amide bonds. The van der Waals surface area contributed by atoms with Crippen molar-refractivity contribution in [1.82, 2.24) is 5.32 Å². The highest BCUT2D eigenvalue weighted by Gasteiger charge is 2.24. The largest absolute Gasteiger partial charge is 0.374 e. The van der Waals surface area contributed by atoms with Gasteiger partial charge in [-0.05, 0) is 12.1 Å². The normalized spacial score (nSPS) is 17.9. The summed E-state index contributed by atoms with van der Waals surface area (Å²) in [6.07, 6.45) is 0.289. The molecule has 2 N–H and O–H groups in total. The van der Waals surface area contributed by atoms with Crippen LogP contribution in [0.15, 0.2) is 18.2 Å². The summed E-state index contributed by atoms with van der Waals surface area (Å²) in [5.41, 5.74) is 0.391. The van der Waals surface area contributed by atoms with Crippen molar-refractivity contribution >= 4 is 17.3 Å². The standard InChI is InChI=1S/C11H10N4O3/c12-5-7-1-2-9(10(3-7)15(17)18)14-8-4-11(16)13-6-8/h1-3,8,14H,4,6H2,(H,13,16). The Bertz CT molecular complexity index is 550. The minimum Gasteiger partial charge on any atom is -0.374 e. The Morgan fingerprint density at radius 2 is 2.33 bits per heavy atom. The van der Waals surface area contributed by atoms with Gasteiger partial charge in [0.05, 0.1) is 22.6 Å². The molecule has 0 aliphatic carbocycles. The lowest BCUT2D eigenvalue weighted by molar-refractivity contribution is -0.384. The fourth-order valence-electron chi connectivity index (χ4n) is 1.80. The zero-order valence-corrected chi connectivity index (χ0v) is 9.34. The molecule has 1 heterocycles. The summed E-state index contributed by atoms with van der Waals surface area (Å²) in [7, 11) is 0. The maximum absolute atomic E-state index is 11.0. The van der Waals surface area contributed by atoms with Crippen molar-refractivity contribution < 1.29 is 9.72 Å². The molecule has 0 radical (unpaired) electrons. The number of carbonyl (C=O) groups excluding carboxylic acids is 1. The number of nitro benzene ring substituents is 1. The number of nitriles is 1. The highest BCUT2D eigenvalue weighted by atomic mass is 16.6. The molecule has 0 saturated carbocycles. The van der Waals surface area contributed by atoms with Gasteiger partial charge in [-0.25, -0.2) is 0 Å². The average Bonchev–Trinajstić information content (AvgIpc) is 2.75. The molecule has 1 fully saturated rings. The molecule has 0 bridgehead atoms. The van der Waals surface area contributed by atoms with Crippen molar-refractivity contribution in [2.75, 3.05) is 11.9 Å². The van der Waals surface area contributed by atoms with E-state index in [-0.39, 0.29) is 29.6 Å². The predicted molar refractivity (Wildman–Crippen MR) is 62.8 cm³/mol. The third kappa shape index (κ3) is 2.38. The minimum absolute atomic E-state index is 0.0798. The van der Waals surface area contributed by atoms with Crippen LogP contribution in [0.4, 0.5) is 11.4 Å². The van der Waals surface area contributed by atoms with Gasteiger partial charge < -0.3 is 10.6 Å². The topological polar surface area (TPSA) is 108 Å². The van der Waals surface area contributed by atoms with E-state index in [9.17, 15) is 14.9 Å². The molecule has 0 spiro atoms. The second-order valence-corrected chi connectivity index (χ2v) is 3.95. The van der Waals surface area contributed by atoms with E-state index < -0.39 is 4.92 Å². The van der Waals surface area contributed by atoms with Crippen molar-refractivity contribution in [3.05, 3.63) is 33.9 Å². The van der Waals surface area contributed by atoms with E-state index in [0.717, 1.165) is 0 Å². The Balaban J connectivity index is 2.24. The number of hydrogen-bond acceptors (Lipinski definition) is 5. The zero-order valence-electron chi connectivity index (χ0n) is 9.34. The second-order valence-electron chi connectivity index (χ2n) is 3.95. The van der Waals surface area contributed by atoms with Gasteiger partial charge in [-0.3, -0.25) is 14.9 Å². The van der Waals surface area contributed by atoms with Crippen molar-refractivity contribution in [2.24, 2.45) is 0 Å². The molecule has 1 aromatic rings. The number of carbonyl (C=O) groups is 1. The first kappa shape index (κ1) is 11.9. The summed E-state index contributed by atoms with van der Waals surface area (Å²) < 4.78 is 0. The Labute approximate surface area is 103 Å². The van der Waals surface area contributed by atoms with E-state index in [0.29, 0.717) is 12.2 Å². The number of nitrogens with zero attached hydrogens (tertiary/aromatic N) is 2. The summed E-state index contributed by atoms with van der Waals surface area (Å²) in [6, 6.07) is 5.89. The predicted octanol–water partition coefficient (Wildman–Crippen LogP) is 0.767. The molecule has 0 aromatic heterocycles. The van der Waals surface area contributed by atoms with Crippen LogP contribution in [-0.2, 0) is 4.79 Å². The Kier molecular flexibility index (Phi) is 3.10. The van der Waals surface area contributed by atoms with Gasteiger partial charge in [-0.2, -0.15) is 5.26 Å². The van der Waals surface area contributed by atoms with Crippen LogP contribution in [0, 0.1) is 21.4 Å². The SMILES string of the molecule is N#Cc1ccc(NC2CNC(=O)C2)c([N+](=O)[O-])c1. The number of rotatable bonds is 3. The lowest BCUT2D eigenvalue weighted by atomic mass is 10.1. The van der Waals surface area contributed by atoms with Gasteiger partial charge in [0, 0.05) is 19.0 Å². The number of nitrogens with one attached hydrogen (secondary N) is 2. The van der Waals surface area contributed by atoms with E-state index >= 15 is 0 Å². The zero-order chi connectivity index (χ0) is 13.1. The highest BCUT2D eigenvalue weighted by Crippen LogP contribution is 2.26. The molecule has 18 heavy (non-hydrogen) atoms. The first-order chi connectivity index (χ1) is 8.60. The Morgan fingerprint density at radius 3 is 2.89 bits per heavy atom. The van der Waals surface area contributed by atoms with Crippen molar-refractivity contribution in [3.63, 3.8) is 0 Å². The summed E-state index contributed by atoms with van der Waals surface area (Å²) in [4.78, 5) is 21.4. The average molecular weight is 246 g/mol. The van der Waals surface area contributed by atoms with E-state index in [1.165, 1.54) is 18.2 Å². The summed E-state index contributed by atoms with van der Waals surface area (Å²) >= 11 is 0. The van der Waals surface area contributed by atoms with Gasteiger partial charge in [0.1, 0.15) is 5.69 Å². The number of hydrogen-bond donors (Lipinski definition) is 2. The van der Waals surface area contributed by atoms with Gasteiger partial charge in [0.2, 0.25) is 5.91 Å². The maximum atomic E-state index is 11.0. The molecule has 1 unspecified atom stereocenters. The molecule has 1 atom stereocenters. The lowest BCUT2D eigenvalue weighted by Crippen LogP contribution is -2.22. The molecule has 1 aliphatic rings. The fraction of sp³-hybridized carbons (Fsp3) is 0.273. The first-order valence-corrected chi connectivity index (χ1v) is 5.32. The van der Waals surface area contributed by atoms with E-state index in [4.69, 9.17) is 5.26 Å². The van der Waals surface area contributed by atoms with Crippen LogP contribution in [0.1, 0.15) is 12.0 Å². The number of amides is 1. The minimum atomic E-state index is -0.548. The van der Waals surface area contributed by atoms with E-state index in [1.807, 2.05) is 6.07 Å². The van der Waals surface area contributed by atoms with Crippen LogP contribution in [0.25, 0.3) is 0 Å². The van der Waals surface area contributed by atoms with Crippen molar-refractivity contribution in [3.8, 4) is 6.07 Å². The lowest BCUT2D eigenvalue weighted by Gasteiger charge is -2.12. The molecule has 7 nitrogen and oxygen atoms in total. The van der Waals surface area contributed by atoms with E-state index in [2.05, 4.69) is 10.6 Å². The Hall–Kier alpha value is -2.62. The third-order valence-corrected chi connectivity index (χ3v) is 2.66. The molecule has 7 heteroatoms. The smallest absolute Gasteiger partial charge is 0.293 e. The van der Waals surface area contributed by atoms with Crippen LogP contribution in [-0.4, -0.2) is 23.4 Å². The maximum Gasteiger partial charge on any atom is 0.293 e. The van der Waals surface area contributed by atoms with Crippen LogP contribution >= 0.6 is 0 Å². The number of anilines is 1. The van der Waals surface area contributed by atoms with Gasteiger partial charge in [-0.15, -0.1) is 0 Å². The van der Waals surface area contributed by atoms with Crippen LogP contribution in [0.5, 0.6) is 0 Å². The summed E-state index contributed by atoms with van der Waals surface area (Å²) in [6.45, 7) is 0.440. The quantitative estimate of drug-likeness (QED) is 0.604. The molecule has 1 saturated heterocycles. The summed E-state index contributed by atoms with van der Waals surface area (Å²) in [5, 5.41) is 25.2. The number of nitro groups is 1. The fourth-order valence-corrected chi connectivity index (χ4v) is 1.80. The Morgan fingerprint density at radius 1 is 1.56 bits per heavy atom. The van der Waals surface area contributed by atoms with Crippen LogP contribution < -0.4 is 10.6 Å². The molecule has 2 rings (SSSR count). The first-order valence-electron chi connectivity index (χ1n) is 5.32. The highest BCUT2D eigenvalue weighted by molar-refractivity contribution is 5.80. The van der Waals surface area contributed by atoms with E-state index in [1.54, 1.807) is 0 Å². The van der Waals surface area contributed by atoms with Gasteiger partial charge in [0.15, 0.2) is 0 Å². The molecular weight excluding hydrogens is 236 g/mol. The van der Waals surface area contributed by atoms with Crippen molar-refractivity contribution in [2.45, 2.75) is 12.5 Å². The molecular formula is C11H10N4O3.